The second-order valence-electron chi connectivity index (χ2n) is 7.55. The summed E-state index contributed by atoms with van der Waals surface area (Å²) in [6.45, 7) is 7.21. The smallest absolute Gasteiger partial charge is 0.407 e. The molecule has 0 aromatic heterocycles. The topological polar surface area (TPSA) is 38.3 Å². The molecular weight excluding hydrogens is 262 g/mol. The molecule has 0 saturated heterocycles. The molecule has 3 nitrogen and oxygen atoms in total. The number of nitrogens with one attached hydrogen (secondary N) is 1. The van der Waals surface area contributed by atoms with Crippen LogP contribution in [0, 0.1) is 16.7 Å². The van der Waals surface area contributed by atoms with Crippen molar-refractivity contribution in [3.05, 3.63) is 35.9 Å². The van der Waals surface area contributed by atoms with E-state index in [-0.39, 0.29) is 23.0 Å². The summed E-state index contributed by atoms with van der Waals surface area (Å²) in [7, 11) is 0. The van der Waals surface area contributed by atoms with E-state index in [4.69, 9.17) is 4.74 Å². The molecule has 1 aromatic rings. The number of fused-ring (bicyclic) bond motifs is 2. The maximum absolute atomic E-state index is 12.1. The van der Waals surface area contributed by atoms with Crippen LogP contribution in [0.3, 0.4) is 0 Å². The number of ether oxygens (including phenoxy) is 1. The van der Waals surface area contributed by atoms with Crippen LogP contribution in [0.25, 0.3) is 0 Å². The van der Waals surface area contributed by atoms with Gasteiger partial charge in [0.15, 0.2) is 0 Å². The minimum absolute atomic E-state index is 0.165. The van der Waals surface area contributed by atoms with Crippen molar-refractivity contribution >= 4 is 6.09 Å². The number of alkyl carbamates (subject to hydrolysis) is 1. The standard InChI is InChI=1S/C18H25NO2/c1-17(2)14-9-10-18(3,11-14)15(17)19-16(20)21-12-13-7-5-4-6-8-13/h4-8,14-15H,9-12H2,1-3H3,(H,19,20). The Morgan fingerprint density at radius 3 is 2.62 bits per heavy atom. The molecule has 0 heterocycles. The Hall–Kier alpha value is -1.51. The molecule has 114 valence electrons. The maximum atomic E-state index is 12.1. The van der Waals surface area contributed by atoms with E-state index in [0.29, 0.717) is 6.61 Å². The van der Waals surface area contributed by atoms with Gasteiger partial charge in [0.25, 0.3) is 0 Å². The van der Waals surface area contributed by atoms with E-state index in [9.17, 15) is 4.79 Å². The fourth-order valence-corrected chi connectivity index (χ4v) is 4.54. The lowest BCUT2D eigenvalue weighted by atomic mass is 9.68. The van der Waals surface area contributed by atoms with Crippen LogP contribution in [0.1, 0.15) is 45.6 Å². The van der Waals surface area contributed by atoms with Crippen LogP contribution in [-0.2, 0) is 11.3 Å². The zero-order chi connectivity index (χ0) is 15.1. The highest BCUT2D eigenvalue weighted by Crippen LogP contribution is 2.62. The van der Waals surface area contributed by atoms with Gasteiger partial charge < -0.3 is 10.1 Å². The van der Waals surface area contributed by atoms with Gasteiger partial charge in [0.2, 0.25) is 0 Å². The molecular formula is C18H25NO2. The predicted octanol–water partition coefficient (Wildman–Crippen LogP) is 4.13. The van der Waals surface area contributed by atoms with Crippen molar-refractivity contribution in [2.24, 2.45) is 16.7 Å². The molecule has 0 radical (unpaired) electrons. The first kappa shape index (κ1) is 14.4. The number of amides is 1. The van der Waals surface area contributed by atoms with Gasteiger partial charge in [0.05, 0.1) is 0 Å². The lowest BCUT2D eigenvalue weighted by Crippen LogP contribution is -2.52. The van der Waals surface area contributed by atoms with Gasteiger partial charge in [-0.1, -0.05) is 51.1 Å². The first-order valence-corrected chi connectivity index (χ1v) is 7.89. The molecule has 3 atom stereocenters. The van der Waals surface area contributed by atoms with Crippen LogP contribution >= 0.6 is 0 Å². The van der Waals surface area contributed by atoms with Crippen LogP contribution in [0.5, 0.6) is 0 Å². The first-order chi connectivity index (χ1) is 9.92. The number of carbonyl (C=O) groups is 1. The van der Waals surface area contributed by atoms with Crippen molar-refractivity contribution in [3.8, 4) is 0 Å². The van der Waals surface area contributed by atoms with E-state index in [0.717, 1.165) is 11.5 Å². The molecule has 2 aliphatic rings. The number of benzene rings is 1. The lowest BCUT2D eigenvalue weighted by molar-refractivity contribution is 0.0841. The van der Waals surface area contributed by atoms with Crippen LogP contribution in [0.15, 0.2) is 30.3 Å². The van der Waals surface area contributed by atoms with Gasteiger partial charge in [-0.05, 0) is 41.6 Å². The third kappa shape index (κ3) is 2.54. The van der Waals surface area contributed by atoms with Gasteiger partial charge in [0.1, 0.15) is 6.61 Å². The molecule has 2 aliphatic carbocycles. The minimum atomic E-state index is -0.286. The summed E-state index contributed by atoms with van der Waals surface area (Å²) in [6, 6.07) is 10.0. The monoisotopic (exact) mass is 287 g/mol. The van der Waals surface area contributed by atoms with Gasteiger partial charge >= 0.3 is 6.09 Å². The van der Waals surface area contributed by atoms with Gasteiger partial charge in [0, 0.05) is 6.04 Å². The summed E-state index contributed by atoms with van der Waals surface area (Å²) in [5.74, 6) is 0.724. The molecule has 0 aliphatic heterocycles. The molecule has 0 spiro atoms. The van der Waals surface area contributed by atoms with E-state index < -0.39 is 0 Å². The SMILES string of the molecule is CC12CCC(C1)C(C)(C)C2NC(=O)OCc1ccccc1. The summed E-state index contributed by atoms with van der Waals surface area (Å²) in [4.78, 5) is 12.1. The third-order valence-electron chi connectivity index (χ3n) is 5.74. The zero-order valence-electron chi connectivity index (χ0n) is 13.2. The second kappa shape index (κ2) is 5.04. The fraction of sp³-hybridized carbons (Fsp3) is 0.611. The fourth-order valence-electron chi connectivity index (χ4n) is 4.54. The van der Waals surface area contributed by atoms with E-state index in [1.807, 2.05) is 30.3 Å². The minimum Gasteiger partial charge on any atom is -0.445 e. The van der Waals surface area contributed by atoms with E-state index in [2.05, 4.69) is 26.1 Å². The first-order valence-electron chi connectivity index (χ1n) is 7.89. The molecule has 2 fully saturated rings. The molecule has 2 saturated carbocycles. The molecule has 3 heteroatoms. The van der Waals surface area contributed by atoms with Gasteiger partial charge in [-0.2, -0.15) is 0 Å². The van der Waals surface area contributed by atoms with Crippen molar-refractivity contribution in [2.45, 2.75) is 52.7 Å². The quantitative estimate of drug-likeness (QED) is 0.908. The van der Waals surface area contributed by atoms with Crippen molar-refractivity contribution in [2.75, 3.05) is 0 Å². The number of hydrogen-bond donors (Lipinski definition) is 1. The number of rotatable bonds is 3. The largest absolute Gasteiger partial charge is 0.445 e. The Balaban J connectivity index is 1.60. The Kier molecular flexibility index (Phi) is 3.46. The van der Waals surface area contributed by atoms with Gasteiger partial charge in [-0.3, -0.25) is 0 Å². The van der Waals surface area contributed by atoms with Crippen LogP contribution in [-0.4, -0.2) is 12.1 Å². The predicted molar refractivity (Wildman–Crippen MR) is 82.8 cm³/mol. The highest BCUT2D eigenvalue weighted by atomic mass is 16.5. The van der Waals surface area contributed by atoms with Crippen LogP contribution in [0.4, 0.5) is 4.79 Å². The normalized spacial score (nSPS) is 32.9. The Morgan fingerprint density at radius 2 is 2.00 bits per heavy atom. The Morgan fingerprint density at radius 1 is 1.29 bits per heavy atom. The molecule has 3 unspecified atom stereocenters. The van der Waals surface area contributed by atoms with E-state index in [1.165, 1.54) is 19.3 Å². The van der Waals surface area contributed by atoms with Crippen molar-refractivity contribution < 1.29 is 9.53 Å². The average molecular weight is 287 g/mol. The van der Waals surface area contributed by atoms with Gasteiger partial charge in [-0.15, -0.1) is 0 Å². The van der Waals surface area contributed by atoms with Crippen LogP contribution in [0.2, 0.25) is 0 Å². The maximum Gasteiger partial charge on any atom is 0.407 e. The highest BCUT2D eigenvalue weighted by Gasteiger charge is 2.59. The van der Waals surface area contributed by atoms with E-state index >= 15 is 0 Å². The van der Waals surface area contributed by atoms with Crippen molar-refractivity contribution in [1.29, 1.82) is 0 Å². The van der Waals surface area contributed by atoms with E-state index in [1.54, 1.807) is 0 Å². The molecule has 1 amide bonds. The molecule has 3 rings (SSSR count). The molecule has 21 heavy (non-hydrogen) atoms. The van der Waals surface area contributed by atoms with Gasteiger partial charge in [-0.25, -0.2) is 4.79 Å². The van der Waals surface area contributed by atoms with Crippen molar-refractivity contribution in [1.82, 2.24) is 5.32 Å². The Labute approximate surface area is 127 Å². The number of carbonyl (C=O) groups excluding carboxylic acids is 1. The molecule has 1 aromatic carbocycles. The summed E-state index contributed by atoms with van der Waals surface area (Å²) in [5.41, 5.74) is 1.42. The highest BCUT2D eigenvalue weighted by molar-refractivity contribution is 5.68. The third-order valence-corrected chi connectivity index (χ3v) is 5.74. The Bertz CT molecular complexity index is 521. The number of hydrogen-bond acceptors (Lipinski definition) is 2. The van der Waals surface area contributed by atoms with Crippen LogP contribution < -0.4 is 5.32 Å². The summed E-state index contributed by atoms with van der Waals surface area (Å²) in [5, 5.41) is 3.15. The summed E-state index contributed by atoms with van der Waals surface area (Å²) < 4.78 is 5.39. The lowest BCUT2D eigenvalue weighted by Gasteiger charge is -2.42. The molecule has 1 N–H and O–H groups in total. The summed E-state index contributed by atoms with van der Waals surface area (Å²) in [6.07, 6.45) is 3.44. The average Bonchev–Trinajstić information content (AvgIpc) is 2.94. The summed E-state index contributed by atoms with van der Waals surface area (Å²) >= 11 is 0. The zero-order valence-corrected chi connectivity index (χ0v) is 13.2. The second-order valence-corrected chi connectivity index (χ2v) is 7.55. The molecule has 2 bridgehead atoms. The van der Waals surface area contributed by atoms with Crippen molar-refractivity contribution in [3.63, 3.8) is 0 Å².